The summed E-state index contributed by atoms with van der Waals surface area (Å²) < 4.78 is 0. The molecule has 0 amide bonds. The van der Waals surface area contributed by atoms with Crippen LogP contribution in [0.5, 0.6) is 0 Å². The van der Waals surface area contributed by atoms with E-state index in [-0.39, 0.29) is 0 Å². The third kappa shape index (κ3) is 7.74. The van der Waals surface area contributed by atoms with Crippen molar-refractivity contribution in [3.8, 4) is 0 Å². The summed E-state index contributed by atoms with van der Waals surface area (Å²) in [5.74, 6) is 0. The Balaban J connectivity index is 4.26. The van der Waals surface area contributed by atoms with E-state index >= 15 is 0 Å². The Morgan fingerprint density at radius 2 is 1.94 bits per heavy atom. The predicted octanol–water partition coefficient (Wildman–Crippen LogP) is 2.11. The summed E-state index contributed by atoms with van der Waals surface area (Å²) >= 11 is 0. The van der Waals surface area contributed by atoms with Crippen LogP contribution in [0, 0.1) is 5.41 Å². The molecule has 0 aliphatic carbocycles. The van der Waals surface area contributed by atoms with Gasteiger partial charge in [0.25, 0.3) is 0 Å². The normalized spacial score (nSPS) is 15.2. The Hall–Kier alpha value is -0.120. The van der Waals surface area contributed by atoms with Crippen molar-refractivity contribution in [1.82, 2.24) is 10.2 Å². The third-order valence-corrected chi connectivity index (χ3v) is 3.34. The van der Waals surface area contributed by atoms with Crippen LogP contribution in [0.25, 0.3) is 0 Å². The van der Waals surface area contributed by atoms with Crippen LogP contribution in [-0.4, -0.2) is 49.3 Å². The number of rotatable bonds is 11. The molecule has 0 saturated carbocycles. The minimum Gasteiger partial charge on any atom is -0.396 e. The molecule has 0 aliphatic heterocycles. The lowest BCUT2D eigenvalue weighted by atomic mass is 9.84. The molecule has 2 N–H and O–H groups in total. The van der Waals surface area contributed by atoms with Crippen molar-refractivity contribution in [2.75, 3.05) is 39.3 Å². The van der Waals surface area contributed by atoms with E-state index in [2.05, 4.69) is 37.9 Å². The van der Waals surface area contributed by atoms with E-state index in [0.717, 1.165) is 39.1 Å². The number of aliphatic hydroxyl groups is 1. The molecule has 0 rings (SSSR count). The second-order valence-corrected chi connectivity index (χ2v) is 5.29. The molecule has 0 aromatic carbocycles. The largest absolute Gasteiger partial charge is 0.396 e. The van der Waals surface area contributed by atoms with Crippen LogP contribution in [0.4, 0.5) is 0 Å². The highest BCUT2D eigenvalue weighted by atomic mass is 16.3. The summed E-state index contributed by atoms with van der Waals surface area (Å²) in [5, 5.41) is 12.4. The van der Waals surface area contributed by atoms with Crippen molar-refractivity contribution < 1.29 is 5.11 Å². The summed E-state index contributed by atoms with van der Waals surface area (Å²) in [4.78, 5) is 2.46. The molecule has 0 spiro atoms. The average Bonchev–Trinajstić information content (AvgIpc) is 2.32. The first kappa shape index (κ1) is 16.9. The number of hydrogen-bond donors (Lipinski definition) is 2. The van der Waals surface area contributed by atoms with E-state index in [4.69, 9.17) is 5.11 Å². The smallest absolute Gasteiger partial charge is 0.0443 e. The lowest BCUT2D eigenvalue weighted by molar-refractivity contribution is 0.144. The number of aliphatic hydroxyl groups excluding tert-OH is 1. The van der Waals surface area contributed by atoms with Crippen LogP contribution in [0.1, 0.15) is 47.0 Å². The predicted molar refractivity (Wildman–Crippen MR) is 75.4 cm³/mol. The zero-order chi connectivity index (χ0) is 13.1. The van der Waals surface area contributed by atoms with Crippen molar-refractivity contribution in [3.05, 3.63) is 0 Å². The third-order valence-electron chi connectivity index (χ3n) is 3.34. The van der Waals surface area contributed by atoms with Gasteiger partial charge < -0.3 is 15.3 Å². The molecule has 104 valence electrons. The van der Waals surface area contributed by atoms with E-state index in [1.165, 1.54) is 12.8 Å². The fraction of sp³-hybridized carbons (Fsp3) is 1.00. The molecular formula is C14H32N2O. The van der Waals surface area contributed by atoms with Gasteiger partial charge in [-0.1, -0.05) is 34.1 Å². The van der Waals surface area contributed by atoms with Gasteiger partial charge in [0.05, 0.1) is 0 Å². The van der Waals surface area contributed by atoms with Crippen molar-refractivity contribution in [2.45, 2.75) is 47.0 Å². The van der Waals surface area contributed by atoms with Crippen molar-refractivity contribution in [2.24, 2.45) is 5.41 Å². The molecule has 0 fully saturated rings. The Morgan fingerprint density at radius 3 is 2.41 bits per heavy atom. The van der Waals surface area contributed by atoms with Crippen molar-refractivity contribution in [3.63, 3.8) is 0 Å². The summed E-state index contributed by atoms with van der Waals surface area (Å²) in [6, 6.07) is 0. The molecule has 0 aliphatic rings. The topological polar surface area (TPSA) is 35.5 Å². The van der Waals surface area contributed by atoms with Gasteiger partial charge in [-0.2, -0.15) is 0 Å². The Kier molecular flexibility index (Phi) is 9.79. The Bertz CT molecular complexity index is 176. The van der Waals surface area contributed by atoms with Crippen LogP contribution >= 0.6 is 0 Å². The van der Waals surface area contributed by atoms with Gasteiger partial charge in [0.2, 0.25) is 0 Å². The van der Waals surface area contributed by atoms with Crippen LogP contribution in [0.15, 0.2) is 0 Å². The van der Waals surface area contributed by atoms with E-state index in [0.29, 0.717) is 12.0 Å². The zero-order valence-corrected chi connectivity index (χ0v) is 12.3. The molecule has 17 heavy (non-hydrogen) atoms. The monoisotopic (exact) mass is 244 g/mol. The summed E-state index contributed by atoms with van der Waals surface area (Å²) in [6.07, 6.45) is 3.38. The quantitative estimate of drug-likeness (QED) is 0.584. The minimum atomic E-state index is 0.300. The Morgan fingerprint density at radius 1 is 1.24 bits per heavy atom. The maximum atomic E-state index is 8.91. The maximum absolute atomic E-state index is 8.91. The van der Waals surface area contributed by atoms with E-state index < -0.39 is 0 Å². The lowest BCUT2D eigenvalue weighted by Gasteiger charge is -2.35. The Labute approximate surface area is 108 Å². The van der Waals surface area contributed by atoms with Gasteiger partial charge in [0.15, 0.2) is 0 Å². The first-order valence-electron chi connectivity index (χ1n) is 7.15. The highest BCUT2D eigenvalue weighted by molar-refractivity contribution is 4.80. The van der Waals surface area contributed by atoms with Gasteiger partial charge in [-0.25, -0.2) is 0 Å². The second-order valence-electron chi connectivity index (χ2n) is 5.29. The zero-order valence-electron chi connectivity index (χ0n) is 12.3. The van der Waals surface area contributed by atoms with Crippen LogP contribution < -0.4 is 5.32 Å². The molecule has 1 atom stereocenters. The van der Waals surface area contributed by atoms with Crippen molar-refractivity contribution >= 4 is 0 Å². The van der Waals surface area contributed by atoms with Gasteiger partial charge in [0, 0.05) is 26.2 Å². The van der Waals surface area contributed by atoms with Crippen LogP contribution in [0.3, 0.4) is 0 Å². The highest BCUT2D eigenvalue weighted by Gasteiger charge is 2.25. The fourth-order valence-electron chi connectivity index (χ4n) is 2.44. The number of hydrogen-bond acceptors (Lipinski definition) is 3. The highest BCUT2D eigenvalue weighted by Crippen LogP contribution is 2.24. The number of nitrogens with one attached hydrogen (secondary N) is 1. The van der Waals surface area contributed by atoms with E-state index in [1.54, 1.807) is 0 Å². The molecule has 0 saturated heterocycles. The average molecular weight is 244 g/mol. The molecular weight excluding hydrogens is 212 g/mol. The first-order chi connectivity index (χ1) is 8.11. The molecule has 0 bridgehead atoms. The van der Waals surface area contributed by atoms with Gasteiger partial charge in [0.1, 0.15) is 0 Å². The molecule has 3 nitrogen and oxygen atoms in total. The first-order valence-corrected chi connectivity index (χ1v) is 7.15. The van der Waals surface area contributed by atoms with Gasteiger partial charge >= 0.3 is 0 Å². The molecule has 3 heteroatoms. The molecule has 0 radical (unpaired) electrons. The lowest BCUT2D eigenvalue weighted by Crippen LogP contribution is -2.42. The summed E-state index contributed by atoms with van der Waals surface area (Å²) in [7, 11) is 0. The van der Waals surface area contributed by atoms with Gasteiger partial charge in [-0.05, 0) is 31.3 Å². The molecule has 0 aromatic rings. The SMILES string of the molecule is CCCC(C)(CNCC)CN(CC)CCCO. The van der Waals surface area contributed by atoms with E-state index in [9.17, 15) is 0 Å². The number of nitrogens with zero attached hydrogens (tertiary/aromatic N) is 1. The summed E-state index contributed by atoms with van der Waals surface area (Å²) in [6.45, 7) is 14.7. The van der Waals surface area contributed by atoms with Crippen LogP contribution in [0.2, 0.25) is 0 Å². The second kappa shape index (κ2) is 9.86. The van der Waals surface area contributed by atoms with E-state index in [1.807, 2.05) is 0 Å². The standard InChI is InChI=1S/C14H32N2O/c1-5-9-14(4,12-15-6-2)13-16(7-3)10-8-11-17/h15,17H,5-13H2,1-4H3. The summed E-state index contributed by atoms with van der Waals surface area (Å²) in [5.41, 5.74) is 0.357. The maximum Gasteiger partial charge on any atom is 0.0443 e. The fourth-order valence-corrected chi connectivity index (χ4v) is 2.44. The van der Waals surface area contributed by atoms with Gasteiger partial charge in [-0.15, -0.1) is 0 Å². The van der Waals surface area contributed by atoms with Crippen LogP contribution in [-0.2, 0) is 0 Å². The molecule has 1 unspecified atom stereocenters. The minimum absolute atomic E-state index is 0.300. The molecule has 0 aromatic heterocycles. The van der Waals surface area contributed by atoms with Crippen molar-refractivity contribution in [1.29, 1.82) is 0 Å². The molecule has 0 heterocycles. The van der Waals surface area contributed by atoms with Gasteiger partial charge in [-0.3, -0.25) is 0 Å².